The first-order chi connectivity index (χ1) is 17.4. The van der Waals surface area contributed by atoms with Gasteiger partial charge in [0.25, 0.3) is 6.43 Å². The lowest BCUT2D eigenvalue weighted by Gasteiger charge is -2.18. The first-order valence-electron chi connectivity index (χ1n) is 11.0. The molecule has 0 saturated heterocycles. The predicted molar refractivity (Wildman–Crippen MR) is 134 cm³/mol. The Kier molecular flexibility index (Phi) is 7.54. The maximum Gasteiger partial charge on any atom is 0.417 e. The topological polar surface area (TPSA) is 62.7 Å². The SMILES string of the molecule is Cc1nc(NCc2cccc(C(F)F)c2F)c2cc(P(C)C)c(Nc3ccc(C(F)(F)F)cn3)cc2n1. The molecule has 0 aliphatic rings. The third-order valence-electron chi connectivity index (χ3n) is 5.55. The van der Waals surface area contributed by atoms with Crippen molar-refractivity contribution in [1.29, 1.82) is 0 Å². The quantitative estimate of drug-likeness (QED) is 0.194. The van der Waals surface area contributed by atoms with Crippen LogP contribution in [-0.2, 0) is 12.7 Å². The number of aryl methyl sites for hydroxylation is 1. The molecule has 0 aliphatic carbocycles. The van der Waals surface area contributed by atoms with Crippen molar-refractivity contribution in [3.8, 4) is 0 Å². The van der Waals surface area contributed by atoms with E-state index >= 15 is 0 Å². The van der Waals surface area contributed by atoms with Gasteiger partial charge in [0.05, 0.1) is 16.6 Å². The maximum atomic E-state index is 14.5. The lowest BCUT2D eigenvalue weighted by Crippen LogP contribution is -2.12. The first kappa shape index (κ1) is 26.6. The lowest BCUT2D eigenvalue weighted by molar-refractivity contribution is -0.137. The zero-order chi connectivity index (χ0) is 26.9. The largest absolute Gasteiger partial charge is 0.417 e. The van der Waals surface area contributed by atoms with Crippen LogP contribution in [0.25, 0.3) is 10.9 Å². The third-order valence-corrected chi connectivity index (χ3v) is 6.88. The summed E-state index contributed by atoms with van der Waals surface area (Å²) in [7, 11) is -0.697. The Bertz CT molecular complexity index is 1420. The van der Waals surface area contributed by atoms with Gasteiger partial charge >= 0.3 is 6.18 Å². The molecular weight excluding hydrogens is 515 g/mol. The van der Waals surface area contributed by atoms with Crippen LogP contribution < -0.4 is 15.9 Å². The monoisotopic (exact) mass is 537 g/mol. The molecule has 2 aromatic heterocycles. The number of benzene rings is 2. The highest BCUT2D eigenvalue weighted by molar-refractivity contribution is 7.64. The van der Waals surface area contributed by atoms with Gasteiger partial charge in [-0.15, -0.1) is 0 Å². The van der Waals surface area contributed by atoms with Crippen LogP contribution in [0.1, 0.15) is 28.9 Å². The fraction of sp³-hybridized carbons (Fsp3) is 0.240. The number of hydrogen-bond acceptors (Lipinski definition) is 5. The summed E-state index contributed by atoms with van der Waals surface area (Å²) < 4.78 is 79.3. The number of aromatic nitrogens is 3. The van der Waals surface area contributed by atoms with Gasteiger partial charge in [-0.05, 0) is 49.8 Å². The van der Waals surface area contributed by atoms with Gasteiger partial charge in [0, 0.05) is 29.4 Å². The van der Waals surface area contributed by atoms with E-state index in [0.717, 1.165) is 23.6 Å². The van der Waals surface area contributed by atoms with Crippen LogP contribution in [0.5, 0.6) is 0 Å². The molecule has 2 heterocycles. The third kappa shape index (κ3) is 5.93. The van der Waals surface area contributed by atoms with Gasteiger partial charge in [0.1, 0.15) is 23.3 Å². The smallest absolute Gasteiger partial charge is 0.365 e. The van der Waals surface area contributed by atoms with Crippen molar-refractivity contribution >= 4 is 41.5 Å². The van der Waals surface area contributed by atoms with Crippen LogP contribution in [0.3, 0.4) is 0 Å². The summed E-state index contributed by atoms with van der Waals surface area (Å²) in [6.45, 7) is 5.62. The Morgan fingerprint density at radius 3 is 2.41 bits per heavy atom. The van der Waals surface area contributed by atoms with Gasteiger partial charge in [-0.1, -0.05) is 26.1 Å². The van der Waals surface area contributed by atoms with E-state index in [9.17, 15) is 26.3 Å². The van der Waals surface area contributed by atoms with Crippen molar-refractivity contribution in [3.05, 3.63) is 77.0 Å². The second-order valence-corrected chi connectivity index (χ2v) is 10.7. The molecule has 2 aromatic carbocycles. The first-order valence-corrected chi connectivity index (χ1v) is 13.3. The minimum absolute atomic E-state index is 0.0716. The normalized spacial score (nSPS) is 12.0. The summed E-state index contributed by atoms with van der Waals surface area (Å²) in [4.78, 5) is 12.8. The fourth-order valence-electron chi connectivity index (χ4n) is 3.74. The zero-order valence-corrected chi connectivity index (χ0v) is 20.9. The molecule has 4 rings (SSSR count). The second kappa shape index (κ2) is 10.5. The molecule has 4 aromatic rings. The number of fused-ring (bicyclic) bond motifs is 1. The minimum Gasteiger partial charge on any atom is -0.365 e. The van der Waals surface area contributed by atoms with Gasteiger partial charge in [0.2, 0.25) is 0 Å². The fourth-order valence-corrected chi connectivity index (χ4v) is 4.73. The van der Waals surface area contributed by atoms with Gasteiger partial charge < -0.3 is 10.6 Å². The molecule has 5 nitrogen and oxygen atoms in total. The molecule has 0 fully saturated rings. The van der Waals surface area contributed by atoms with E-state index in [0.29, 0.717) is 28.2 Å². The molecule has 0 saturated carbocycles. The molecule has 12 heteroatoms. The van der Waals surface area contributed by atoms with E-state index < -0.39 is 37.5 Å². The van der Waals surface area contributed by atoms with Gasteiger partial charge in [-0.25, -0.2) is 28.1 Å². The number of rotatable bonds is 7. The summed E-state index contributed by atoms with van der Waals surface area (Å²) in [6.07, 6.45) is -6.65. The molecule has 0 unspecified atom stereocenters. The summed E-state index contributed by atoms with van der Waals surface area (Å²) in [5.41, 5.74) is -0.273. The van der Waals surface area contributed by atoms with E-state index in [1.54, 1.807) is 13.0 Å². The Balaban J connectivity index is 1.69. The molecule has 2 N–H and O–H groups in total. The summed E-state index contributed by atoms with van der Waals surface area (Å²) in [6, 6.07) is 9.66. The van der Waals surface area contributed by atoms with E-state index in [2.05, 4.69) is 25.6 Å². The van der Waals surface area contributed by atoms with Crippen LogP contribution >= 0.6 is 7.92 Å². The van der Waals surface area contributed by atoms with Gasteiger partial charge in [-0.2, -0.15) is 13.2 Å². The molecule has 0 spiro atoms. The molecule has 0 radical (unpaired) electrons. The molecule has 0 amide bonds. The van der Waals surface area contributed by atoms with E-state index in [-0.39, 0.29) is 17.9 Å². The number of anilines is 3. The van der Waals surface area contributed by atoms with Crippen molar-refractivity contribution in [2.75, 3.05) is 24.0 Å². The van der Waals surface area contributed by atoms with Gasteiger partial charge in [-0.3, -0.25) is 0 Å². The molecule has 0 atom stereocenters. The molecule has 194 valence electrons. The van der Waals surface area contributed by atoms with Crippen molar-refractivity contribution in [2.45, 2.75) is 26.1 Å². The van der Waals surface area contributed by atoms with E-state index in [1.165, 1.54) is 18.2 Å². The summed E-state index contributed by atoms with van der Waals surface area (Å²) in [5, 5.41) is 7.63. The summed E-state index contributed by atoms with van der Waals surface area (Å²) >= 11 is 0. The Labute approximate surface area is 210 Å². The highest BCUT2D eigenvalue weighted by atomic mass is 31.1. The number of nitrogens with one attached hydrogen (secondary N) is 2. The number of pyridine rings is 1. The highest BCUT2D eigenvalue weighted by Gasteiger charge is 2.30. The van der Waals surface area contributed by atoms with Crippen LogP contribution in [0.2, 0.25) is 0 Å². The highest BCUT2D eigenvalue weighted by Crippen LogP contribution is 2.35. The van der Waals surface area contributed by atoms with Crippen LogP contribution in [-0.4, -0.2) is 28.3 Å². The number of halogens is 6. The van der Waals surface area contributed by atoms with Crippen LogP contribution in [0, 0.1) is 12.7 Å². The van der Waals surface area contributed by atoms with Crippen molar-refractivity contribution < 1.29 is 26.3 Å². The molecule has 0 bridgehead atoms. The van der Waals surface area contributed by atoms with Gasteiger partial charge in [0.15, 0.2) is 0 Å². The van der Waals surface area contributed by atoms with Crippen molar-refractivity contribution in [1.82, 2.24) is 15.0 Å². The second-order valence-electron chi connectivity index (χ2n) is 8.43. The Hall–Kier alpha value is -3.46. The zero-order valence-electron chi connectivity index (χ0n) is 20.0. The van der Waals surface area contributed by atoms with Crippen LogP contribution in [0.15, 0.2) is 48.7 Å². The standard InChI is InChI=1S/C25H22F6N5P/c1-13-34-18-10-19(36-21-8-7-15(12-32-21)25(29,30)31)20(37(2)3)9-17(18)24(35-13)33-11-14-5-4-6-16(22(14)26)23(27)28/h4-10,12,23H,11H2,1-3H3,(H,32,36)(H,33,34,35). The Morgan fingerprint density at radius 1 is 1.03 bits per heavy atom. The van der Waals surface area contributed by atoms with Crippen LogP contribution in [0.4, 0.5) is 43.7 Å². The summed E-state index contributed by atoms with van der Waals surface area (Å²) in [5.74, 6) is 0.0889. The average molecular weight is 537 g/mol. The number of nitrogens with zero attached hydrogens (tertiary/aromatic N) is 3. The van der Waals surface area contributed by atoms with Crippen molar-refractivity contribution in [2.24, 2.45) is 0 Å². The molecular formula is C25H22F6N5P. The maximum absolute atomic E-state index is 14.5. The Morgan fingerprint density at radius 2 is 1.78 bits per heavy atom. The number of hydrogen-bond donors (Lipinski definition) is 2. The van der Waals surface area contributed by atoms with E-state index in [4.69, 9.17) is 0 Å². The molecule has 0 aliphatic heterocycles. The lowest BCUT2D eigenvalue weighted by atomic mass is 10.1. The number of alkyl halides is 5. The van der Waals surface area contributed by atoms with Crippen molar-refractivity contribution in [3.63, 3.8) is 0 Å². The predicted octanol–water partition coefficient (Wildman–Crippen LogP) is 7.15. The molecule has 37 heavy (non-hydrogen) atoms. The minimum atomic E-state index is -4.48. The van der Waals surface area contributed by atoms with E-state index in [1.807, 2.05) is 19.4 Å². The average Bonchev–Trinajstić information content (AvgIpc) is 2.82.